The number of amides is 1. The molecule has 0 aliphatic heterocycles. The van der Waals surface area contributed by atoms with E-state index >= 15 is 0 Å². The number of hydrogen-bond acceptors (Lipinski definition) is 5. The van der Waals surface area contributed by atoms with Gasteiger partial charge in [0.05, 0.1) is 10.6 Å². The summed E-state index contributed by atoms with van der Waals surface area (Å²) in [6.45, 7) is 0. The van der Waals surface area contributed by atoms with Gasteiger partial charge in [-0.15, -0.1) is 11.3 Å². The van der Waals surface area contributed by atoms with Gasteiger partial charge in [0.1, 0.15) is 0 Å². The van der Waals surface area contributed by atoms with E-state index in [0.29, 0.717) is 10.7 Å². The number of carbonyl (C=O) groups is 1. The van der Waals surface area contributed by atoms with Crippen molar-refractivity contribution < 1.29 is 9.72 Å². The predicted molar refractivity (Wildman–Crippen MR) is 114 cm³/mol. The zero-order chi connectivity index (χ0) is 20.2. The maximum absolute atomic E-state index is 12.3. The molecule has 0 fully saturated rings. The Morgan fingerprint density at radius 3 is 2.14 bits per heavy atom. The smallest absolute Gasteiger partial charge is 0.269 e. The molecule has 3 aromatic carbocycles. The van der Waals surface area contributed by atoms with Gasteiger partial charge in [0.25, 0.3) is 11.6 Å². The minimum Gasteiger partial charge on any atom is -0.298 e. The molecular formula is C22H15N3O3S. The van der Waals surface area contributed by atoms with Gasteiger partial charge in [-0.25, -0.2) is 4.98 Å². The fourth-order valence-electron chi connectivity index (χ4n) is 2.83. The Balaban J connectivity index is 1.46. The first-order valence-corrected chi connectivity index (χ1v) is 9.65. The zero-order valence-corrected chi connectivity index (χ0v) is 15.9. The van der Waals surface area contributed by atoms with Crippen molar-refractivity contribution in [3.63, 3.8) is 0 Å². The summed E-state index contributed by atoms with van der Waals surface area (Å²) in [4.78, 5) is 27.0. The second-order valence-electron chi connectivity index (χ2n) is 6.24. The maximum Gasteiger partial charge on any atom is 0.269 e. The van der Waals surface area contributed by atoms with Gasteiger partial charge in [-0.05, 0) is 23.3 Å². The lowest BCUT2D eigenvalue weighted by Gasteiger charge is -2.03. The van der Waals surface area contributed by atoms with Crippen molar-refractivity contribution in [3.8, 4) is 22.4 Å². The minimum absolute atomic E-state index is 0.0583. The molecule has 7 heteroatoms. The lowest BCUT2D eigenvalue weighted by molar-refractivity contribution is -0.384. The van der Waals surface area contributed by atoms with E-state index in [1.807, 2.05) is 47.8 Å². The van der Waals surface area contributed by atoms with E-state index in [0.717, 1.165) is 22.4 Å². The summed E-state index contributed by atoms with van der Waals surface area (Å²) >= 11 is 1.32. The van der Waals surface area contributed by atoms with Crippen LogP contribution in [0.3, 0.4) is 0 Å². The molecule has 6 nitrogen and oxygen atoms in total. The molecule has 4 rings (SSSR count). The maximum atomic E-state index is 12.3. The van der Waals surface area contributed by atoms with Gasteiger partial charge >= 0.3 is 0 Å². The molecule has 0 unspecified atom stereocenters. The normalized spacial score (nSPS) is 10.5. The van der Waals surface area contributed by atoms with Crippen molar-refractivity contribution in [1.29, 1.82) is 0 Å². The summed E-state index contributed by atoms with van der Waals surface area (Å²) in [5.74, 6) is -0.361. The Labute approximate surface area is 170 Å². The summed E-state index contributed by atoms with van der Waals surface area (Å²) in [5, 5.41) is 15.8. The molecule has 0 aliphatic rings. The lowest BCUT2D eigenvalue weighted by atomic mass is 10.0. The van der Waals surface area contributed by atoms with Gasteiger partial charge in [-0.3, -0.25) is 20.2 Å². The highest BCUT2D eigenvalue weighted by molar-refractivity contribution is 7.14. The molecule has 4 aromatic rings. The van der Waals surface area contributed by atoms with E-state index < -0.39 is 4.92 Å². The summed E-state index contributed by atoms with van der Waals surface area (Å²) in [6.07, 6.45) is 0. The van der Waals surface area contributed by atoms with Gasteiger partial charge in [-0.2, -0.15) is 0 Å². The van der Waals surface area contributed by atoms with E-state index in [9.17, 15) is 14.9 Å². The van der Waals surface area contributed by atoms with Crippen LogP contribution in [0.1, 0.15) is 10.4 Å². The van der Waals surface area contributed by atoms with Gasteiger partial charge < -0.3 is 0 Å². The number of nitrogens with zero attached hydrogens (tertiary/aromatic N) is 2. The molecule has 0 atom stereocenters. The van der Waals surface area contributed by atoms with E-state index in [2.05, 4.69) is 22.4 Å². The Bertz CT molecular complexity index is 1150. The van der Waals surface area contributed by atoms with E-state index in [1.54, 1.807) is 0 Å². The van der Waals surface area contributed by atoms with Crippen LogP contribution in [-0.2, 0) is 0 Å². The van der Waals surface area contributed by atoms with E-state index in [-0.39, 0.29) is 11.6 Å². The zero-order valence-electron chi connectivity index (χ0n) is 15.1. The fraction of sp³-hybridized carbons (Fsp3) is 0. The third kappa shape index (κ3) is 4.20. The monoisotopic (exact) mass is 401 g/mol. The molecule has 0 aliphatic carbocycles. The third-order valence-electron chi connectivity index (χ3n) is 4.35. The molecule has 0 saturated heterocycles. The highest BCUT2D eigenvalue weighted by Crippen LogP contribution is 2.28. The Morgan fingerprint density at radius 1 is 0.862 bits per heavy atom. The molecule has 142 valence electrons. The van der Waals surface area contributed by atoms with Crippen LogP contribution in [0.25, 0.3) is 22.4 Å². The van der Waals surface area contributed by atoms with Crippen LogP contribution in [0.15, 0.2) is 84.2 Å². The lowest BCUT2D eigenvalue weighted by Crippen LogP contribution is -2.11. The largest absolute Gasteiger partial charge is 0.298 e. The van der Waals surface area contributed by atoms with Crippen LogP contribution in [0.4, 0.5) is 10.8 Å². The number of nitro groups is 1. The first-order valence-electron chi connectivity index (χ1n) is 8.77. The number of rotatable bonds is 5. The van der Waals surface area contributed by atoms with Crippen LogP contribution in [0, 0.1) is 10.1 Å². The van der Waals surface area contributed by atoms with Gasteiger partial charge in [0, 0.05) is 28.6 Å². The minimum atomic E-state index is -0.502. The third-order valence-corrected chi connectivity index (χ3v) is 5.11. The molecule has 1 heterocycles. The Hall–Kier alpha value is -3.84. The van der Waals surface area contributed by atoms with Crippen molar-refractivity contribution >= 4 is 28.1 Å². The molecule has 0 bridgehead atoms. The Morgan fingerprint density at radius 2 is 1.48 bits per heavy atom. The number of nitrogens with one attached hydrogen (secondary N) is 1. The van der Waals surface area contributed by atoms with Crippen LogP contribution in [0.5, 0.6) is 0 Å². The Kier molecular flexibility index (Phi) is 5.13. The number of benzene rings is 3. The van der Waals surface area contributed by atoms with Crippen molar-refractivity contribution in [3.05, 3.63) is 99.9 Å². The number of nitro benzene ring substituents is 1. The fourth-order valence-corrected chi connectivity index (χ4v) is 3.55. The summed E-state index contributed by atoms with van der Waals surface area (Å²) in [5.41, 5.74) is 4.27. The predicted octanol–water partition coefficient (Wildman–Crippen LogP) is 5.64. The molecule has 29 heavy (non-hydrogen) atoms. The highest BCUT2D eigenvalue weighted by Gasteiger charge is 2.12. The number of carbonyl (C=O) groups excluding carboxylic acids is 1. The van der Waals surface area contributed by atoms with Crippen LogP contribution in [0.2, 0.25) is 0 Å². The molecular weight excluding hydrogens is 386 g/mol. The van der Waals surface area contributed by atoms with Crippen LogP contribution < -0.4 is 5.32 Å². The van der Waals surface area contributed by atoms with Gasteiger partial charge in [0.2, 0.25) is 0 Å². The standard InChI is InChI=1S/C22H15N3O3S/c26-21(18-10-12-19(13-11-18)25(27)28)24-22-23-20(14-29-22)17-8-6-16(7-9-17)15-4-2-1-3-5-15/h1-14H,(H,23,24,26). The van der Waals surface area contributed by atoms with Crippen molar-refractivity contribution in [2.45, 2.75) is 0 Å². The SMILES string of the molecule is O=C(Nc1nc(-c2ccc(-c3ccccc3)cc2)cs1)c1ccc([N+](=O)[O-])cc1. The van der Waals surface area contributed by atoms with Crippen LogP contribution >= 0.6 is 11.3 Å². The number of aromatic nitrogens is 1. The number of thiazole rings is 1. The molecule has 1 N–H and O–H groups in total. The summed E-state index contributed by atoms with van der Waals surface area (Å²) < 4.78 is 0. The van der Waals surface area contributed by atoms with E-state index in [1.165, 1.54) is 35.6 Å². The second-order valence-corrected chi connectivity index (χ2v) is 7.10. The average molecular weight is 401 g/mol. The van der Waals surface area contributed by atoms with Crippen LogP contribution in [-0.4, -0.2) is 15.8 Å². The first-order chi connectivity index (χ1) is 14.1. The topological polar surface area (TPSA) is 85.1 Å². The molecule has 0 saturated carbocycles. The number of hydrogen-bond donors (Lipinski definition) is 1. The van der Waals surface area contributed by atoms with E-state index in [4.69, 9.17) is 0 Å². The van der Waals surface area contributed by atoms with Gasteiger partial charge in [0.15, 0.2) is 5.13 Å². The first kappa shape index (κ1) is 18.5. The second kappa shape index (κ2) is 8.04. The molecule has 0 radical (unpaired) electrons. The molecule has 1 aromatic heterocycles. The highest BCUT2D eigenvalue weighted by atomic mass is 32.1. The molecule has 0 spiro atoms. The number of non-ortho nitro benzene ring substituents is 1. The van der Waals surface area contributed by atoms with Crippen molar-refractivity contribution in [2.75, 3.05) is 5.32 Å². The van der Waals surface area contributed by atoms with Crippen molar-refractivity contribution in [2.24, 2.45) is 0 Å². The molecule has 1 amide bonds. The van der Waals surface area contributed by atoms with Crippen molar-refractivity contribution in [1.82, 2.24) is 4.98 Å². The number of anilines is 1. The quantitative estimate of drug-likeness (QED) is 0.346. The average Bonchev–Trinajstić information content (AvgIpc) is 3.23. The van der Waals surface area contributed by atoms with Gasteiger partial charge in [-0.1, -0.05) is 54.6 Å². The summed E-state index contributed by atoms with van der Waals surface area (Å²) in [7, 11) is 0. The summed E-state index contributed by atoms with van der Waals surface area (Å²) in [6, 6.07) is 23.6.